The Labute approximate surface area is 109 Å². The van der Waals surface area contributed by atoms with Gasteiger partial charge in [0.05, 0.1) is 24.5 Å². The summed E-state index contributed by atoms with van der Waals surface area (Å²) in [6.45, 7) is 6.00. The molecule has 0 aliphatic carbocycles. The second kappa shape index (κ2) is 6.00. The Hall–Kier alpha value is -1.36. The van der Waals surface area contributed by atoms with E-state index in [9.17, 15) is 0 Å². The first-order chi connectivity index (χ1) is 8.72. The van der Waals surface area contributed by atoms with Crippen molar-refractivity contribution in [2.24, 2.45) is 0 Å². The molecular weight excluding hydrogens is 228 g/mol. The zero-order valence-electron chi connectivity index (χ0n) is 11.4. The monoisotopic (exact) mass is 250 g/mol. The van der Waals surface area contributed by atoms with Crippen LogP contribution in [0.4, 0.5) is 11.6 Å². The average Bonchev–Trinajstić information content (AvgIpc) is 2.82. The molecule has 1 aromatic rings. The molecule has 5 heteroatoms. The molecule has 0 amide bonds. The SMILES string of the molecule is CCCNc1cncc(N(C)C2CCOC2C)n1. The van der Waals surface area contributed by atoms with E-state index in [2.05, 4.69) is 41.1 Å². The van der Waals surface area contributed by atoms with Crippen LogP contribution >= 0.6 is 0 Å². The van der Waals surface area contributed by atoms with E-state index in [4.69, 9.17) is 4.74 Å². The smallest absolute Gasteiger partial charge is 0.149 e. The molecule has 1 aliphatic heterocycles. The number of aromatic nitrogens is 2. The van der Waals surface area contributed by atoms with Crippen LogP contribution in [0.5, 0.6) is 0 Å². The number of ether oxygens (including phenoxy) is 1. The second-order valence-corrected chi connectivity index (χ2v) is 4.73. The number of anilines is 2. The molecule has 0 bridgehead atoms. The van der Waals surface area contributed by atoms with Crippen molar-refractivity contribution in [3.05, 3.63) is 12.4 Å². The summed E-state index contributed by atoms with van der Waals surface area (Å²) < 4.78 is 5.60. The molecule has 0 radical (unpaired) electrons. The molecule has 18 heavy (non-hydrogen) atoms. The van der Waals surface area contributed by atoms with Gasteiger partial charge in [0.1, 0.15) is 11.6 Å². The Morgan fingerprint density at radius 2 is 2.33 bits per heavy atom. The highest BCUT2D eigenvalue weighted by Gasteiger charge is 2.28. The highest BCUT2D eigenvalue weighted by Crippen LogP contribution is 2.22. The normalized spacial score (nSPS) is 23.1. The van der Waals surface area contributed by atoms with Crippen LogP contribution < -0.4 is 10.2 Å². The molecule has 2 rings (SSSR count). The standard InChI is InChI=1S/C13H22N4O/c1-4-6-15-12-8-14-9-13(16-12)17(3)11-5-7-18-10(11)2/h8-11H,4-7H2,1-3H3,(H,15,16). The molecule has 1 saturated heterocycles. The average molecular weight is 250 g/mol. The predicted octanol–water partition coefficient (Wildman–Crippen LogP) is 1.91. The number of hydrogen-bond acceptors (Lipinski definition) is 5. The maximum absolute atomic E-state index is 5.60. The van der Waals surface area contributed by atoms with Gasteiger partial charge in [-0.15, -0.1) is 0 Å². The van der Waals surface area contributed by atoms with Crippen molar-refractivity contribution < 1.29 is 4.74 Å². The first-order valence-electron chi connectivity index (χ1n) is 6.62. The first kappa shape index (κ1) is 13.1. The lowest BCUT2D eigenvalue weighted by molar-refractivity contribution is 0.118. The van der Waals surface area contributed by atoms with Gasteiger partial charge in [0.25, 0.3) is 0 Å². The molecule has 1 aromatic heterocycles. The van der Waals surface area contributed by atoms with E-state index < -0.39 is 0 Å². The summed E-state index contributed by atoms with van der Waals surface area (Å²) in [7, 11) is 2.06. The van der Waals surface area contributed by atoms with Crippen molar-refractivity contribution in [3.8, 4) is 0 Å². The Balaban J connectivity index is 2.07. The molecule has 5 nitrogen and oxygen atoms in total. The molecule has 2 atom stereocenters. The zero-order valence-corrected chi connectivity index (χ0v) is 11.4. The fraction of sp³-hybridized carbons (Fsp3) is 0.692. The number of likely N-dealkylation sites (N-methyl/N-ethyl adjacent to an activating group) is 1. The van der Waals surface area contributed by atoms with E-state index in [0.29, 0.717) is 6.04 Å². The van der Waals surface area contributed by atoms with Crippen molar-refractivity contribution >= 4 is 11.6 Å². The van der Waals surface area contributed by atoms with Crippen molar-refractivity contribution in [3.63, 3.8) is 0 Å². The third kappa shape index (κ3) is 2.90. The quantitative estimate of drug-likeness (QED) is 0.865. The largest absolute Gasteiger partial charge is 0.376 e. The first-order valence-corrected chi connectivity index (χ1v) is 6.62. The second-order valence-electron chi connectivity index (χ2n) is 4.73. The van der Waals surface area contributed by atoms with Crippen LogP contribution in [0, 0.1) is 0 Å². The highest BCUT2D eigenvalue weighted by atomic mass is 16.5. The van der Waals surface area contributed by atoms with Gasteiger partial charge in [0.15, 0.2) is 0 Å². The van der Waals surface area contributed by atoms with Crippen LogP contribution in [0.2, 0.25) is 0 Å². The van der Waals surface area contributed by atoms with Crippen LogP contribution in [0.3, 0.4) is 0 Å². The summed E-state index contributed by atoms with van der Waals surface area (Å²) in [5, 5.41) is 3.26. The lowest BCUT2D eigenvalue weighted by Gasteiger charge is -2.27. The molecule has 1 N–H and O–H groups in total. The van der Waals surface area contributed by atoms with Crippen molar-refractivity contribution in [2.75, 3.05) is 30.4 Å². The van der Waals surface area contributed by atoms with Crippen molar-refractivity contribution in [1.29, 1.82) is 0 Å². The van der Waals surface area contributed by atoms with E-state index in [-0.39, 0.29) is 6.10 Å². The Morgan fingerprint density at radius 3 is 3.00 bits per heavy atom. The van der Waals surface area contributed by atoms with Crippen LogP contribution in [-0.4, -0.2) is 42.3 Å². The maximum atomic E-state index is 5.60. The fourth-order valence-corrected chi connectivity index (χ4v) is 2.26. The molecular formula is C13H22N4O. The summed E-state index contributed by atoms with van der Waals surface area (Å²) in [6.07, 6.45) is 5.95. The van der Waals surface area contributed by atoms with Gasteiger partial charge in [-0.1, -0.05) is 6.92 Å². The Bertz CT molecular complexity index is 385. The summed E-state index contributed by atoms with van der Waals surface area (Å²) in [5.74, 6) is 1.74. The molecule has 2 heterocycles. The number of nitrogens with zero attached hydrogens (tertiary/aromatic N) is 3. The number of rotatable bonds is 5. The fourth-order valence-electron chi connectivity index (χ4n) is 2.26. The van der Waals surface area contributed by atoms with Crippen LogP contribution in [0.15, 0.2) is 12.4 Å². The lowest BCUT2D eigenvalue weighted by atomic mass is 10.1. The van der Waals surface area contributed by atoms with Gasteiger partial charge in [-0.05, 0) is 19.8 Å². The summed E-state index contributed by atoms with van der Waals surface area (Å²) in [5.41, 5.74) is 0. The van der Waals surface area contributed by atoms with Gasteiger partial charge in [0.2, 0.25) is 0 Å². The molecule has 2 unspecified atom stereocenters. The lowest BCUT2D eigenvalue weighted by Crippen LogP contribution is -2.37. The summed E-state index contributed by atoms with van der Waals surface area (Å²) in [6, 6.07) is 0.390. The maximum Gasteiger partial charge on any atom is 0.149 e. The van der Waals surface area contributed by atoms with Gasteiger partial charge < -0.3 is 15.0 Å². The van der Waals surface area contributed by atoms with Crippen molar-refractivity contribution in [1.82, 2.24) is 9.97 Å². The molecule has 0 aromatic carbocycles. The number of hydrogen-bond donors (Lipinski definition) is 1. The minimum absolute atomic E-state index is 0.254. The molecule has 1 fully saturated rings. The Morgan fingerprint density at radius 1 is 1.50 bits per heavy atom. The minimum atomic E-state index is 0.254. The van der Waals surface area contributed by atoms with Gasteiger partial charge in [-0.25, -0.2) is 4.98 Å². The van der Waals surface area contributed by atoms with E-state index in [0.717, 1.165) is 37.6 Å². The third-order valence-electron chi connectivity index (χ3n) is 3.37. The number of nitrogens with one attached hydrogen (secondary N) is 1. The summed E-state index contributed by atoms with van der Waals surface area (Å²) in [4.78, 5) is 11.0. The van der Waals surface area contributed by atoms with Gasteiger partial charge >= 0.3 is 0 Å². The Kier molecular flexibility index (Phi) is 4.36. The zero-order chi connectivity index (χ0) is 13.0. The van der Waals surface area contributed by atoms with E-state index in [1.807, 2.05) is 6.20 Å². The molecule has 1 aliphatic rings. The van der Waals surface area contributed by atoms with Gasteiger partial charge in [-0.2, -0.15) is 0 Å². The van der Waals surface area contributed by atoms with E-state index in [1.165, 1.54) is 0 Å². The van der Waals surface area contributed by atoms with Crippen molar-refractivity contribution in [2.45, 2.75) is 38.8 Å². The van der Waals surface area contributed by atoms with E-state index in [1.54, 1.807) is 6.20 Å². The van der Waals surface area contributed by atoms with Crippen LogP contribution in [0.1, 0.15) is 26.7 Å². The molecule has 0 spiro atoms. The van der Waals surface area contributed by atoms with Gasteiger partial charge in [-0.3, -0.25) is 4.98 Å². The van der Waals surface area contributed by atoms with Gasteiger partial charge in [0, 0.05) is 20.2 Å². The van der Waals surface area contributed by atoms with Crippen LogP contribution in [-0.2, 0) is 4.74 Å². The molecule has 0 saturated carbocycles. The topological polar surface area (TPSA) is 50.3 Å². The highest BCUT2D eigenvalue weighted by molar-refractivity contribution is 5.44. The minimum Gasteiger partial charge on any atom is -0.376 e. The van der Waals surface area contributed by atoms with E-state index >= 15 is 0 Å². The third-order valence-corrected chi connectivity index (χ3v) is 3.37. The predicted molar refractivity (Wildman–Crippen MR) is 73.0 cm³/mol. The van der Waals surface area contributed by atoms with Crippen LogP contribution in [0.25, 0.3) is 0 Å². The molecule has 100 valence electrons. The summed E-state index contributed by atoms with van der Waals surface area (Å²) >= 11 is 0.